The number of rotatable bonds is 2. The van der Waals surface area contributed by atoms with Crippen LogP contribution in [-0.2, 0) is 41.7 Å². The summed E-state index contributed by atoms with van der Waals surface area (Å²) >= 11 is 9.61. The van der Waals surface area contributed by atoms with Crippen molar-refractivity contribution in [3.05, 3.63) is 29.3 Å². The molecule has 10 atom stereocenters. The van der Waals surface area contributed by atoms with Crippen molar-refractivity contribution in [2.24, 2.45) is 0 Å². The monoisotopic (exact) mass is 834 g/mol. The summed E-state index contributed by atoms with van der Waals surface area (Å²) < 4.78 is 26.5. The average Bonchev–Trinajstić information content (AvgIpc) is 3.72. The summed E-state index contributed by atoms with van der Waals surface area (Å²) in [5.74, 6) is 0.0336. The summed E-state index contributed by atoms with van der Waals surface area (Å²) in [5.41, 5.74) is 12.1. The van der Waals surface area contributed by atoms with Gasteiger partial charge in [0, 0.05) is 0 Å². The van der Waals surface area contributed by atoms with Gasteiger partial charge in [0.1, 0.15) is 0 Å². The summed E-state index contributed by atoms with van der Waals surface area (Å²) in [7, 11) is 0. The Bertz CT molecular complexity index is 1950. The summed E-state index contributed by atoms with van der Waals surface area (Å²) in [6.45, 7) is -8.53. The molecule has 7 rings (SSSR count). The van der Waals surface area contributed by atoms with E-state index in [2.05, 4.69) is 29.9 Å². The van der Waals surface area contributed by atoms with E-state index < -0.39 is 92.8 Å². The third-order valence-electron chi connectivity index (χ3n) is 7.32. The number of nitrogens with zero attached hydrogens (tertiary/aromatic N) is 7. The number of aromatic nitrogens is 8. The molecule has 3 aliphatic heterocycles. The van der Waals surface area contributed by atoms with Crippen molar-refractivity contribution in [3.8, 4) is 0 Å². The molecule has 9 N–H and O–H groups in total. The topological polar surface area (TPSA) is 277 Å². The van der Waals surface area contributed by atoms with Gasteiger partial charge >= 0.3 is 276 Å². The Hall–Kier alpha value is -1.48. The minimum atomic E-state index is -4.05. The number of aliphatic hydroxyl groups is 2. The van der Waals surface area contributed by atoms with E-state index in [4.69, 9.17) is 53.2 Å². The molecule has 242 valence electrons. The van der Waals surface area contributed by atoms with Gasteiger partial charge in [0.15, 0.2) is 0 Å². The molecule has 0 spiro atoms. The van der Waals surface area contributed by atoms with Crippen LogP contribution < -0.4 is 17.0 Å². The summed E-state index contributed by atoms with van der Waals surface area (Å²) in [4.78, 5) is 55.4. The van der Waals surface area contributed by atoms with Crippen LogP contribution in [0.4, 0.5) is 11.8 Å². The first-order chi connectivity index (χ1) is 21.3. The van der Waals surface area contributed by atoms with E-state index in [0.717, 1.165) is 0 Å². The Morgan fingerprint density at radius 1 is 0.867 bits per heavy atom. The number of aliphatic hydroxyl groups excluding tert-OH is 2. The number of anilines is 2. The van der Waals surface area contributed by atoms with Crippen molar-refractivity contribution in [1.82, 2.24) is 39.0 Å². The zero-order valence-electron chi connectivity index (χ0n) is 22.4. The molecule has 4 aromatic rings. The second-order valence-electron chi connectivity index (χ2n) is 10.1. The van der Waals surface area contributed by atoms with Crippen molar-refractivity contribution < 1.29 is 38.1 Å². The minimum absolute atomic E-state index is 0.0173. The molecule has 7 heterocycles. The molecular formula is C20H24N10O9P2S2Se2. The van der Waals surface area contributed by atoms with E-state index in [1.807, 2.05) is 0 Å². The van der Waals surface area contributed by atoms with Crippen molar-refractivity contribution in [2.75, 3.05) is 24.7 Å². The Morgan fingerprint density at radius 3 is 2.22 bits per heavy atom. The molecule has 0 aromatic carbocycles. The SMILES string of the molecule is Nc1nc2c(ncn2[C@@H]2[Se][C@@H]3COP(O)(=S)OC4[C@@H](COP(O)(=S)O[C@H]2C3O)[Se][C@@H](n2cnc3c(N)ncnc32)[C@H]4O)c(=O)[nH]1. The van der Waals surface area contributed by atoms with E-state index >= 15 is 0 Å². The second kappa shape index (κ2) is 11.9. The predicted molar refractivity (Wildman–Crippen MR) is 166 cm³/mol. The number of aromatic amines is 1. The third-order valence-corrected chi connectivity index (χ3v) is 16.9. The summed E-state index contributed by atoms with van der Waals surface area (Å²) in [6, 6.07) is 0. The Kier molecular flexibility index (Phi) is 8.48. The van der Waals surface area contributed by atoms with Crippen molar-refractivity contribution in [1.29, 1.82) is 0 Å². The van der Waals surface area contributed by atoms with Gasteiger partial charge in [0.05, 0.1) is 0 Å². The Morgan fingerprint density at radius 2 is 1.49 bits per heavy atom. The van der Waals surface area contributed by atoms with Crippen LogP contribution in [0.1, 0.15) is 9.88 Å². The predicted octanol–water partition coefficient (Wildman–Crippen LogP) is -1.89. The molecule has 0 aliphatic carbocycles. The molecule has 25 heteroatoms. The van der Waals surface area contributed by atoms with Gasteiger partial charge in [-0.3, -0.25) is 0 Å². The zero-order chi connectivity index (χ0) is 31.8. The van der Waals surface area contributed by atoms with Crippen LogP contribution in [0.2, 0.25) is 9.63 Å². The molecule has 19 nitrogen and oxygen atoms in total. The molecule has 45 heavy (non-hydrogen) atoms. The maximum atomic E-state index is 12.4. The van der Waals surface area contributed by atoms with Crippen LogP contribution in [0.3, 0.4) is 0 Å². The van der Waals surface area contributed by atoms with Gasteiger partial charge in [-0.15, -0.1) is 0 Å². The van der Waals surface area contributed by atoms with Crippen LogP contribution >= 0.6 is 13.4 Å². The molecule has 3 fully saturated rings. The molecule has 3 saturated heterocycles. The first kappa shape index (κ1) is 32.1. The maximum absolute atomic E-state index is 12.4. The van der Waals surface area contributed by atoms with Crippen LogP contribution in [0.25, 0.3) is 22.3 Å². The van der Waals surface area contributed by atoms with Gasteiger partial charge in [0.25, 0.3) is 0 Å². The first-order valence-corrected chi connectivity index (χ1v) is 22.1. The van der Waals surface area contributed by atoms with Crippen LogP contribution in [0.5, 0.6) is 0 Å². The number of hydrogen-bond acceptors (Lipinski definition) is 16. The van der Waals surface area contributed by atoms with Gasteiger partial charge in [-0.05, 0) is 0 Å². The number of fused-ring (bicyclic) bond motifs is 5. The van der Waals surface area contributed by atoms with Crippen molar-refractivity contribution in [3.63, 3.8) is 0 Å². The molecular weight excluding hydrogens is 808 g/mol. The molecule has 0 radical (unpaired) electrons. The number of hydrogen-bond donors (Lipinski definition) is 7. The number of imidazole rings is 2. The normalized spacial score (nSPS) is 37.7. The average molecular weight is 832 g/mol. The zero-order valence-corrected chi connectivity index (χ0v) is 29.3. The van der Waals surface area contributed by atoms with Gasteiger partial charge in [-0.25, -0.2) is 0 Å². The number of H-pyrrole nitrogens is 1. The number of nitrogens with one attached hydrogen (secondary N) is 1. The van der Waals surface area contributed by atoms with Gasteiger partial charge < -0.3 is 0 Å². The van der Waals surface area contributed by atoms with Gasteiger partial charge in [0.2, 0.25) is 0 Å². The Balaban J connectivity index is 1.21. The summed E-state index contributed by atoms with van der Waals surface area (Å²) in [5, 5.41) is 22.8. The van der Waals surface area contributed by atoms with E-state index in [0.29, 0.717) is 11.2 Å². The van der Waals surface area contributed by atoms with Crippen molar-refractivity contribution >= 4 is 101 Å². The second-order valence-corrected chi connectivity index (χ2v) is 21.4. The van der Waals surface area contributed by atoms with E-state index in [-0.39, 0.29) is 36.1 Å². The van der Waals surface area contributed by atoms with E-state index in [1.165, 1.54) is 23.5 Å². The van der Waals surface area contributed by atoms with Gasteiger partial charge in [-0.2, -0.15) is 0 Å². The van der Waals surface area contributed by atoms with E-state index in [1.54, 1.807) is 4.57 Å². The number of nitrogens with two attached hydrogens (primary N) is 2. The quantitative estimate of drug-likeness (QED) is 0.0859. The first-order valence-electron chi connectivity index (χ1n) is 13.0. The molecule has 0 saturated carbocycles. The molecule has 3 aliphatic rings. The number of nitrogen functional groups attached to an aromatic ring is 2. The van der Waals surface area contributed by atoms with Gasteiger partial charge in [-0.1, -0.05) is 0 Å². The third kappa shape index (κ3) is 5.93. The fourth-order valence-corrected chi connectivity index (χ4v) is 15.2. The fourth-order valence-electron chi connectivity index (χ4n) is 5.30. The molecule has 4 unspecified atom stereocenters. The standard InChI is InChI=1S/C20H24N10O9P2S2Se2/c21-14-8-15(24-3-23-14)29(4-25-8)18-11(32)12-7(45-18)2-37-41(35,43)39-13-10(31)6(1-36-40(34,42)38-12)44-19(13)30-5-26-9-16(30)27-20(22)28-17(9)33/h3-7,10-13,18-19,31-32H,1-2H2,(H,34,42)(H,35,43)(H2,21,23,24)(H3,22,27,28,33)/t6-,7-,10?,11+,12?,13+,18-,19-,40?,41?/m1/s1. The molecule has 0 amide bonds. The van der Waals surface area contributed by atoms with Crippen LogP contribution in [-0.4, -0.2) is 127 Å². The Labute approximate surface area is 274 Å². The molecule has 4 aromatic heterocycles. The fraction of sp³-hybridized carbons (Fsp3) is 0.500. The van der Waals surface area contributed by atoms with Crippen LogP contribution in [0.15, 0.2) is 23.8 Å². The van der Waals surface area contributed by atoms with Crippen LogP contribution in [0, 0.1) is 0 Å². The molecule has 2 bridgehead atoms. The van der Waals surface area contributed by atoms with E-state index in [9.17, 15) is 24.8 Å². The van der Waals surface area contributed by atoms with Crippen molar-refractivity contribution in [2.45, 2.75) is 43.9 Å². The summed E-state index contributed by atoms with van der Waals surface area (Å²) in [6.07, 6.45) is -0.578.